The molecule has 0 aliphatic carbocycles. The molecule has 8 nitrogen and oxygen atoms in total. The number of hydrogen-bond acceptors (Lipinski definition) is 7. The molecule has 2 heterocycles. The number of anilines is 1. The van der Waals surface area contributed by atoms with Gasteiger partial charge in [-0.15, -0.1) is 5.12 Å². The molecule has 0 radical (unpaired) electrons. The van der Waals surface area contributed by atoms with Crippen LogP contribution in [0.2, 0.25) is 0 Å². The molecule has 4 unspecified atom stereocenters. The maximum Gasteiger partial charge on any atom is 0.337 e. The molecule has 124 valence electrons. The quantitative estimate of drug-likeness (QED) is 0.378. The molecule has 2 aromatic rings. The van der Waals surface area contributed by atoms with E-state index in [9.17, 15) is 20.1 Å². The zero-order valence-corrected chi connectivity index (χ0v) is 12.6. The Morgan fingerprint density at radius 2 is 1.79 bits per heavy atom. The summed E-state index contributed by atoms with van der Waals surface area (Å²) in [5.41, 5.74) is 1.29. The molecule has 5 N–H and O–H groups in total. The van der Waals surface area contributed by atoms with Crippen molar-refractivity contribution in [3.63, 3.8) is 0 Å². The first-order valence-electron chi connectivity index (χ1n) is 7.45. The predicted octanol–water partition coefficient (Wildman–Crippen LogP) is 1.39. The van der Waals surface area contributed by atoms with Gasteiger partial charge in [0.25, 0.3) is 0 Å². The van der Waals surface area contributed by atoms with E-state index in [2.05, 4.69) is 0 Å². The number of rotatable bonds is 4. The zero-order valence-electron chi connectivity index (χ0n) is 12.6. The summed E-state index contributed by atoms with van der Waals surface area (Å²) in [5, 5.41) is 33.3. The normalized spacial score (nSPS) is 27.0. The number of hydrazine groups is 3. The summed E-state index contributed by atoms with van der Waals surface area (Å²) in [6.45, 7) is 0. The Labute approximate surface area is 137 Å². The van der Waals surface area contributed by atoms with Gasteiger partial charge >= 0.3 is 5.97 Å². The van der Waals surface area contributed by atoms with Crippen molar-refractivity contribution in [2.24, 2.45) is 5.84 Å². The third-order valence-corrected chi connectivity index (χ3v) is 4.46. The molecule has 2 aliphatic rings. The standard InChI is InChI=1S/C16H16N4O4/c17-19(14-7-11(22)5-6-12(14)16(23)24)20-15-8-13(18(15)20)9-1-3-10(21)4-2-9/h1-7,13,15,21-22H,8,17H2,(H,23,24). The molecule has 2 saturated heterocycles. The molecule has 24 heavy (non-hydrogen) atoms. The van der Waals surface area contributed by atoms with Gasteiger partial charge in [-0.2, -0.15) is 5.01 Å². The number of carbonyl (C=O) groups is 1. The second-order valence-corrected chi connectivity index (χ2v) is 5.88. The second kappa shape index (κ2) is 5.10. The minimum Gasteiger partial charge on any atom is -0.508 e. The number of aromatic carboxylic acids is 1. The van der Waals surface area contributed by atoms with Gasteiger partial charge < -0.3 is 15.3 Å². The van der Waals surface area contributed by atoms with Gasteiger partial charge in [0.05, 0.1) is 17.3 Å². The predicted molar refractivity (Wildman–Crippen MR) is 84.7 cm³/mol. The van der Waals surface area contributed by atoms with Gasteiger partial charge in [-0.05, 0) is 29.8 Å². The largest absolute Gasteiger partial charge is 0.508 e. The van der Waals surface area contributed by atoms with Crippen LogP contribution >= 0.6 is 0 Å². The average Bonchev–Trinajstić information content (AvgIpc) is 3.12. The SMILES string of the molecule is NN(c1cc(O)ccc1C(=O)O)N1C2CC(c3ccc(O)cc3)N21. The van der Waals surface area contributed by atoms with Gasteiger partial charge in [0, 0.05) is 12.5 Å². The Balaban J connectivity index is 1.56. The van der Waals surface area contributed by atoms with Crippen LogP contribution in [-0.4, -0.2) is 37.6 Å². The monoisotopic (exact) mass is 328 g/mol. The lowest BCUT2D eigenvalue weighted by Gasteiger charge is -2.25. The summed E-state index contributed by atoms with van der Waals surface area (Å²) in [6.07, 6.45) is 0.956. The number of fused-ring (bicyclic) bond motifs is 1. The number of nitrogens with zero attached hydrogens (tertiary/aromatic N) is 3. The van der Waals surface area contributed by atoms with Crippen molar-refractivity contribution in [1.82, 2.24) is 10.1 Å². The van der Waals surface area contributed by atoms with Crippen LogP contribution < -0.4 is 11.0 Å². The van der Waals surface area contributed by atoms with Crippen LogP contribution in [0.4, 0.5) is 5.69 Å². The number of phenols is 2. The highest BCUT2D eigenvalue weighted by molar-refractivity contribution is 5.94. The summed E-state index contributed by atoms with van der Waals surface area (Å²) in [5.74, 6) is 5.15. The Kier molecular flexibility index (Phi) is 3.14. The van der Waals surface area contributed by atoms with E-state index in [0.29, 0.717) is 0 Å². The molecule has 0 saturated carbocycles. The van der Waals surface area contributed by atoms with Crippen molar-refractivity contribution in [3.8, 4) is 11.5 Å². The van der Waals surface area contributed by atoms with E-state index < -0.39 is 5.97 Å². The molecular weight excluding hydrogens is 312 g/mol. The van der Waals surface area contributed by atoms with Crippen molar-refractivity contribution in [2.75, 3.05) is 5.12 Å². The Hall–Kier alpha value is -2.81. The maximum atomic E-state index is 11.4. The first kappa shape index (κ1) is 14.8. The van der Waals surface area contributed by atoms with Gasteiger partial charge in [-0.3, -0.25) is 0 Å². The fraction of sp³-hybridized carbons (Fsp3) is 0.188. The zero-order chi connectivity index (χ0) is 17.0. The highest BCUT2D eigenvalue weighted by Gasteiger charge is 2.62. The smallest absolute Gasteiger partial charge is 0.337 e. The third-order valence-electron chi connectivity index (χ3n) is 4.46. The second-order valence-electron chi connectivity index (χ2n) is 5.88. The number of hydrogen-bond donors (Lipinski definition) is 4. The Morgan fingerprint density at radius 3 is 2.46 bits per heavy atom. The van der Waals surface area contributed by atoms with Gasteiger partial charge in [0.1, 0.15) is 17.7 Å². The summed E-state index contributed by atoms with van der Waals surface area (Å²) in [7, 11) is 0. The van der Waals surface area contributed by atoms with Crippen molar-refractivity contribution in [2.45, 2.75) is 18.6 Å². The minimum atomic E-state index is -1.11. The van der Waals surface area contributed by atoms with Crippen LogP contribution in [0.15, 0.2) is 42.5 Å². The van der Waals surface area contributed by atoms with Crippen LogP contribution in [0.1, 0.15) is 28.4 Å². The molecule has 2 aromatic carbocycles. The highest BCUT2D eigenvalue weighted by Crippen LogP contribution is 2.54. The number of aromatic hydroxyl groups is 2. The van der Waals surface area contributed by atoms with E-state index in [0.717, 1.165) is 12.0 Å². The molecule has 0 aromatic heterocycles. The maximum absolute atomic E-state index is 11.4. The van der Waals surface area contributed by atoms with Gasteiger partial charge in [0.2, 0.25) is 0 Å². The van der Waals surface area contributed by atoms with Crippen LogP contribution in [0.25, 0.3) is 0 Å². The van der Waals surface area contributed by atoms with E-state index in [1.807, 2.05) is 17.1 Å². The van der Waals surface area contributed by atoms with E-state index in [-0.39, 0.29) is 35.0 Å². The molecule has 2 fully saturated rings. The van der Waals surface area contributed by atoms with Crippen molar-refractivity contribution < 1.29 is 20.1 Å². The first-order chi connectivity index (χ1) is 11.5. The highest BCUT2D eigenvalue weighted by atomic mass is 16.4. The molecule has 0 bridgehead atoms. The molecule has 8 heteroatoms. The summed E-state index contributed by atoms with van der Waals surface area (Å²) < 4.78 is 0. The topological polar surface area (TPSA) is 113 Å². The number of benzene rings is 2. The minimum absolute atomic E-state index is 0.0176. The van der Waals surface area contributed by atoms with Crippen molar-refractivity contribution in [1.29, 1.82) is 0 Å². The Bertz CT molecular complexity index is 810. The lowest BCUT2D eigenvalue weighted by molar-refractivity contribution is 0.0696. The van der Waals surface area contributed by atoms with Gasteiger partial charge in [0.15, 0.2) is 0 Å². The number of carboxylic acid groups (broad SMARTS) is 1. The van der Waals surface area contributed by atoms with E-state index in [4.69, 9.17) is 5.84 Å². The number of carboxylic acids is 1. The third kappa shape index (κ3) is 2.16. The lowest BCUT2D eigenvalue weighted by atomic mass is 9.98. The molecule has 4 rings (SSSR count). The average molecular weight is 328 g/mol. The fourth-order valence-electron chi connectivity index (χ4n) is 3.18. The molecule has 0 spiro atoms. The molecule has 0 amide bonds. The van der Waals surface area contributed by atoms with E-state index in [1.165, 1.54) is 23.3 Å². The molecule has 2 aliphatic heterocycles. The first-order valence-corrected chi connectivity index (χ1v) is 7.45. The molecular formula is C16H16N4O4. The lowest BCUT2D eigenvalue weighted by Crippen LogP contribution is -2.39. The van der Waals surface area contributed by atoms with Crippen LogP contribution in [0.5, 0.6) is 11.5 Å². The van der Waals surface area contributed by atoms with Crippen LogP contribution in [-0.2, 0) is 0 Å². The summed E-state index contributed by atoms with van der Waals surface area (Å²) >= 11 is 0. The van der Waals surface area contributed by atoms with Crippen LogP contribution in [0, 0.1) is 0 Å². The number of phenolic OH excluding ortho intramolecular Hbond substituents is 2. The molecule has 4 atom stereocenters. The van der Waals surface area contributed by atoms with Crippen molar-refractivity contribution >= 4 is 11.7 Å². The van der Waals surface area contributed by atoms with E-state index >= 15 is 0 Å². The Morgan fingerprint density at radius 1 is 1.12 bits per heavy atom. The van der Waals surface area contributed by atoms with Crippen molar-refractivity contribution in [3.05, 3.63) is 53.6 Å². The van der Waals surface area contributed by atoms with Crippen LogP contribution in [0.3, 0.4) is 0 Å². The summed E-state index contributed by atoms with van der Waals surface area (Å²) in [6, 6.07) is 11.1. The van der Waals surface area contributed by atoms with Gasteiger partial charge in [-0.25, -0.2) is 15.8 Å². The fourth-order valence-corrected chi connectivity index (χ4v) is 3.18. The number of nitrogens with two attached hydrogens (primary N) is 1. The van der Waals surface area contributed by atoms with Gasteiger partial charge in [-0.1, -0.05) is 12.1 Å². The summed E-state index contributed by atoms with van der Waals surface area (Å²) in [4.78, 5) is 11.4. The van der Waals surface area contributed by atoms with E-state index in [1.54, 1.807) is 17.3 Å².